The minimum atomic E-state index is -4.68. The molecule has 1 atom stereocenters. The van der Waals surface area contributed by atoms with Gasteiger partial charge >= 0.3 is 6.18 Å². The highest BCUT2D eigenvalue weighted by molar-refractivity contribution is 5.99. The summed E-state index contributed by atoms with van der Waals surface area (Å²) in [7, 11) is 0. The Bertz CT molecular complexity index is 1720. The maximum Gasteiger partial charge on any atom is 0.417 e. The van der Waals surface area contributed by atoms with Gasteiger partial charge in [-0.2, -0.15) is 13.2 Å². The van der Waals surface area contributed by atoms with Gasteiger partial charge in [-0.3, -0.25) is 9.79 Å². The summed E-state index contributed by atoms with van der Waals surface area (Å²) in [6, 6.07) is 16.5. The first kappa shape index (κ1) is 35.7. The predicted octanol–water partition coefficient (Wildman–Crippen LogP) is 7.68. The van der Waals surface area contributed by atoms with Gasteiger partial charge < -0.3 is 21.1 Å². The molecule has 0 aliphatic carbocycles. The van der Waals surface area contributed by atoms with Gasteiger partial charge in [-0.25, -0.2) is 9.97 Å². The predicted molar refractivity (Wildman–Crippen MR) is 185 cm³/mol. The number of carbonyl (C=O) groups excluding carboxylic acids is 1. The number of hydrogen-bond acceptors (Lipinski definition) is 7. The lowest BCUT2D eigenvalue weighted by Crippen LogP contribution is -2.41. The van der Waals surface area contributed by atoms with Crippen LogP contribution in [0.5, 0.6) is 0 Å². The zero-order valence-corrected chi connectivity index (χ0v) is 27.6. The first-order valence-electron chi connectivity index (χ1n) is 15.6. The minimum absolute atomic E-state index is 0.107. The first-order chi connectivity index (χ1) is 22.8. The Morgan fingerprint density at radius 3 is 2.33 bits per heavy atom. The van der Waals surface area contributed by atoms with Gasteiger partial charge in [-0.05, 0) is 41.3 Å². The topological polar surface area (TPSA) is 115 Å². The van der Waals surface area contributed by atoms with Crippen LogP contribution in [0.4, 0.5) is 18.9 Å². The van der Waals surface area contributed by atoms with Crippen LogP contribution in [0, 0.1) is 0 Å². The van der Waals surface area contributed by atoms with E-state index in [-0.39, 0.29) is 41.6 Å². The number of amides is 1. The van der Waals surface area contributed by atoms with Crippen molar-refractivity contribution in [1.82, 2.24) is 15.3 Å². The molecule has 1 aliphatic rings. The second kappa shape index (κ2) is 15.6. The number of nitrogens with one attached hydrogen (secondary N) is 2. The molecule has 2 heterocycles. The third kappa shape index (κ3) is 9.43. The highest BCUT2D eigenvalue weighted by Gasteiger charge is 2.33. The maximum atomic E-state index is 13.7. The number of para-hydroxylation sites is 1. The van der Waals surface area contributed by atoms with Crippen molar-refractivity contribution < 1.29 is 22.7 Å². The Kier molecular flexibility index (Phi) is 11.6. The van der Waals surface area contributed by atoms with Gasteiger partial charge in [0.25, 0.3) is 0 Å². The molecule has 4 N–H and O–H groups in total. The van der Waals surface area contributed by atoms with Crippen molar-refractivity contribution in [2.45, 2.75) is 64.6 Å². The van der Waals surface area contributed by atoms with E-state index >= 15 is 0 Å². The van der Waals surface area contributed by atoms with E-state index in [0.29, 0.717) is 36.1 Å². The van der Waals surface area contributed by atoms with E-state index in [1.165, 1.54) is 12.4 Å². The number of nitrogens with zero attached hydrogens (tertiary/aromatic N) is 3. The number of ether oxygens (including phenoxy) is 1. The summed E-state index contributed by atoms with van der Waals surface area (Å²) in [6.45, 7) is 12.2. The van der Waals surface area contributed by atoms with Gasteiger partial charge in [0, 0.05) is 47.2 Å². The Balaban J connectivity index is 1.52. The van der Waals surface area contributed by atoms with Crippen LogP contribution in [0.25, 0.3) is 11.1 Å². The smallest absolute Gasteiger partial charge is 0.417 e. The summed E-state index contributed by atoms with van der Waals surface area (Å²) >= 11 is 0. The van der Waals surface area contributed by atoms with E-state index in [1.54, 1.807) is 6.08 Å². The number of benzene rings is 2. The maximum absolute atomic E-state index is 13.7. The summed E-state index contributed by atoms with van der Waals surface area (Å²) < 4.78 is 47.1. The van der Waals surface area contributed by atoms with E-state index in [2.05, 4.69) is 32.2 Å². The average molecular weight is 659 g/mol. The van der Waals surface area contributed by atoms with E-state index in [1.807, 2.05) is 82.3 Å². The zero-order valence-electron chi connectivity index (χ0n) is 27.6. The lowest BCUT2D eigenvalue weighted by Gasteiger charge is -2.24. The number of nitrogens with two attached hydrogens (primary N) is 1. The molecule has 252 valence electrons. The summed E-state index contributed by atoms with van der Waals surface area (Å²) in [5.41, 5.74) is 7.66. The standard InChI is InChI=1S/C37H41F3N6O2/c1-6-12-31(34(47)46-30-16-11-10-15-29(30)24(2)25-13-8-7-9-14-25)45-32-17-18-42-33(48-32)20-26(19-28(21-41)37(38,39)40)27-22-43-35(44-23-27)36(3,4)5/h7-11,13-17,19,21-23,31,45H,2,6,12,18,20,41H2,1,3-5H3,(H,46,47)/b26-19+,28-21+. The fourth-order valence-corrected chi connectivity index (χ4v) is 4.90. The molecular formula is C37H41F3N6O2. The molecule has 0 radical (unpaired) electrons. The van der Waals surface area contributed by atoms with Crippen molar-refractivity contribution in [2.24, 2.45) is 10.7 Å². The van der Waals surface area contributed by atoms with Crippen LogP contribution in [0.3, 0.4) is 0 Å². The second-order valence-corrected chi connectivity index (χ2v) is 12.3. The monoisotopic (exact) mass is 658 g/mol. The SMILES string of the molecule is C=C(c1ccccc1)c1ccccc1NC(=O)C(CCC)NC1=CCN=C(C/C(=C\C(=C/N)C(F)(F)F)c2cnc(C(C)(C)C)nc2)O1. The third-order valence-corrected chi connectivity index (χ3v) is 7.49. The highest BCUT2D eigenvalue weighted by Crippen LogP contribution is 2.32. The molecule has 4 rings (SSSR count). The first-order valence-corrected chi connectivity index (χ1v) is 15.6. The minimum Gasteiger partial charge on any atom is -0.427 e. The quantitative estimate of drug-likeness (QED) is 0.172. The van der Waals surface area contributed by atoms with Crippen LogP contribution >= 0.6 is 0 Å². The Hall–Kier alpha value is -5.19. The van der Waals surface area contributed by atoms with Crippen LogP contribution in [0.15, 0.2) is 108 Å². The van der Waals surface area contributed by atoms with Gasteiger partial charge in [0.2, 0.25) is 5.91 Å². The summed E-state index contributed by atoms with van der Waals surface area (Å²) in [4.78, 5) is 26.8. The number of alkyl halides is 3. The van der Waals surface area contributed by atoms with Gasteiger partial charge in [0.15, 0.2) is 11.8 Å². The van der Waals surface area contributed by atoms with Crippen LogP contribution in [0.2, 0.25) is 0 Å². The molecule has 2 aromatic carbocycles. The van der Waals surface area contributed by atoms with E-state index < -0.39 is 17.8 Å². The molecule has 0 saturated carbocycles. The molecule has 0 saturated heterocycles. The fraction of sp³-hybridized carbons (Fsp3) is 0.297. The van der Waals surface area contributed by atoms with Gasteiger partial charge in [0.1, 0.15) is 11.9 Å². The molecule has 0 fully saturated rings. The van der Waals surface area contributed by atoms with Crippen molar-refractivity contribution in [3.8, 4) is 0 Å². The number of aliphatic imine (C=N–C) groups is 1. The molecule has 1 aromatic heterocycles. The van der Waals surface area contributed by atoms with Crippen LogP contribution in [0.1, 0.15) is 69.5 Å². The molecule has 0 spiro atoms. The average Bonchev–Trinajstić information content (AvgIpc) is 3.06. The molecule has 11 heteroatoms. The van der Waals surface area contributed by atoms with Crippen molar-refractivity contribution >= 4 is 28.6 Å². The van der Waals surface area contributed by atoms with Crippen LogP contribution in [-0.4, -0.2) is 40.5 Å². The number of hydrogen-bond donors (Lipinski definition) is 3. The number of anilines is 1. The molecule has 3 aromatic rings. The Morgan fingerprint density at radius 1 is 1.04 bits per heavy atom. The molecule has 8 nitrogen and oxygen atoms in total. The van der Waals surface area contributed by atoms with Crippen molar-refractivity contribution in [3.05, 3.63) is 126 Å². The number of allylic oxidation sites excluding steroid dienone is 2. The molecule has 48 heavy (non-hydrogen) atoms. The zero-order chi connectivity index (χ0) is 34.9. The summed E-state index contributed by atoms with van der Waals surface area (Å²) in [6.07, 6.45) is 2.49. The van der Waals surface area contributed by atoms with Crippen molar-refractivity contribution in [2.75, 3.05) is 11.9 Å². The molecule has 1 amide bonds. The molecule has 1 aliphatic heterocycles. The summed E-state index contributed by atoms with van der Waals surface area (Å²) in [5, 5.41) is 6.20. The Morgan fingerprint density at radius 2 is 1.71 bits per heavy atom. The normalized spacial score (nSPS) is 14.7. The lowest BCUT2D eigenvalue weighted by atomic mass is 9.95. The van der Waals surface area contributed by atoms with E-state index in [0.717, 1.165) is 22.8 Å². The van der Waals surface area contributed by atoms with Gasteiger partial charge in [-0.1, -0.05) is 89.2 Å². The van der Waals surface area contributed by atoms with Gasteiger partial charge in [0.05, 0.1) is 12.1 Å². The molecule has 0 bridgehead atoms. The number of rotatable bonds is 12. The lowest BCUT2D eigenvalue weighted by molar-refractivity contribution is -0.118. The molecular weight excluding hydrogens is 617 g/mol. The van der Waals surface area contributed by atoms with E-state index in [9.17, 15) is 18.0 Å². The second-order valence-electron chi connectivity index (χ2n) is 12.3. The van der Waals surface area contributed by atoms with E-state index in [4.69, 9.17) is 10.5 Å². The van der Waals surface area contributed by atoms with Crippen molar-refractivity contribution in [1.29, 1.82) is 0 Å². The molecule has 1 unspecified atom stereocenters. The summed E-state index contributed by atoms with van der Waals surface area (Å²) in [5.74, 6) is 0.701. The van der Waals surface area contributed by atoms with Crippen molar-refractivity contribution in [3.63, 3.8) is 0 Å². The third-order valence-electron chi connectivity index (χ3n) is 7.49. The fourth-order valence-electron chi connectivity index (χ4n) is 4.90. The van der Waals surface area contributed by atoms with Gasteiger partial charge in [-0.15, -0.1) is 0 Å². The van der Waals surface area contributed by atoms with Crippen LogP contribution < -0.4 is 16.4 Å². The number of aromatic nitrogens is 2. The largest absolute Gasteiger partial charge is 0.427 e. The number of halogens is 3. The number of carbonyl (C=O) groups is 1. The highest BCUT2D eigenvalue weighted by atomic mass is 19.4. The Labute approximate surface area is 279 Å². The van der Waals surface area contributed by atoms with Crippen LogP contribution in [-0.2, 0) is 14.9 Å².